The van der Waals surface area contributed by atoms with Gasteiger partial charge in [-0.15, -0.1) is 0 Å². The largest absolute Gasteiger partial charge is 0.508 e. The van der Waals surface area contributed by atoms with Crippen LogP contribution in [0.1, 0.15) is 5.56 Å². The predicted molar refractivity (Wildman–Crippen MR) is 68.5 cm³/mol. The number of nitrogens with one attached hydrogen (secondary N) is 1. The molecular weight excluding hydrogens is 249 g/mol. The highest BCUT2D eigenvalue weighted by Crippen LogP contribution is 2.19. The highest BCUT2D eigenvalue weighted by atomic mass is 19.1. The number of hydrogen-bond donors (Lipinski definition) is 3. The second-order valence-corrected chi connectivity index (χ2v) is 4.06. The van der Waals surface area contributed by atoms with Crippen molar-refractivity contribution in [2.75, 3.05) is 5.32 Å². The second-order valence-electron chi connectivity index (χ2n) is 4.06. The molecule has 2 rings (SSSR count). The number of carbonyl (C=O) groups excluding carboxylic acids is 1. The summed E-state index contributed by atoms with van der Waals surface area (Å²) in [7, 11) is 0. The lowest BCUT2D eigenvalue weighted by Gasteiger charge is -2.06. The molecule has 0 saturated heterocycles. The van der Waals surface area contributed by atoms with Crippen LogP contribution in [-0.2, 0) is 11.2 Å². The van der Waals surface area contributed by atoms with Crippen molar-refractivity contribution in [2.24, 2.45) is 0 Å². The number of hydrogen-bond acceptors (Lipinski definition) is 3. The van der Waals surface area contributed by atoms with Crippen LogP contribution in [0.25, 0.3) is 0 Å². The highest BCUT2D eigenvalue weighted by Gasteiger charge is 2.07. The van der Waals surface area contributed by atoms with Crippen molar-refractivity contribution in [1.82, 2.24) is 0 Å². The van der Waals surface area contributed by atoms with Crippen molar-refractivity contribution in [2.45, 2.75) is 6.42 Å². The third kappa shape index (κ3) is 3.45. The monoisotopic (exact) mass is 261 g/mol. The first-order valence-electron chi connectivity index (χ1n) is 5.61. The maximum absolute atomic E-state index is 13.1. The van der Waals surface area contributed by atoms with Crippen LogP contribution in [0, 0.1) is 5.82 Å². The van der Waals surface area contributed by atoms with E-state index in [1.807, 2.05) is 0 Å². The molecule has 0 atom stereocenters. The van der Waals surface area contributed by atoms with Gasteiger partial charge in [0.05, 0.1) is 6.42 Å². The van der Waals surface area contributed by atoms with Crippen molar-refractivity contribution >= 4 is 11.6 Å². The third-order valence-electron chi connectivity index (χ3n) is 2.51. The predicted octanol–water partition coefficient (Wildman–Crippen LogP) is 2.42. The fraction of sp³-hybridized carbons (Fsp3) is 0.0714. The normalized spacial score (nSPS) is 10.2. The first-order valence-corrected chi connectivity index (χ1v) is 5.61. The van der Waals surface area contributed by atoms with E-state index in [1.165, 1.54) is 24.3 Å². The number of benzene rings is 2. The summed E-state index contributed by atoms with van der Waals surface area (Å²) in [4.78, 5) is 11.7. The lowest BCUT2D eigenvalue weighted by molar-refractivity contribution is -0.115. The molecule has 0 bridgehead atoms. The number of phenols is 2. The number of anilines is 1. The van der Waals surface area contributed by atoms with E-state index in [9.17, 15) is 14.3 Å². The molecule has 3 N–H and O–H groups in total. The second kappa shape index (κ2) is 5.39. The molecule has 19 heavy (non-hydrogen) atoms. The average molecular weight is 261 g/mol. The Morgan fingerprint density at radius 3 is 2.63 bits per heavy atom. The van der Waals surface area contributed by atoms with Crippen LogP contribution < -0.4 is 5.32 Å². The lowest BCUT2D eigenvalue weighted by atomic mass is 10.1. The van der Waals surface area contributed by atoms with Crippen LogP contribution in [0.3, 0.4) is 0 Å². The van der Waals surface area contributed by atoms with Gasteiger partial charge in [0.1, 0.15) is 5.75 Å². The van der Waals surface area contributed by atoms with Gasteiger partial charge in [-0.05, 0) is 29.8 Å². The molecule has 5 heteroatoms. The van der Waals surface area contributed by atoms with Gasteiger partial charge in [0.2, 0.25) is 5.91 Å². The summed E-state index contributed by atoms with van der Waals surface area (Å²) < 4.78 is 13.1. The van der Waals surface area contributed by atoms with E-state index >= 15 is 0 Å². The summed E-state index contributed by atoms with van der Waals surface area (Å²) >= 11 is 0. The Balaban J connectivity index is 2.03. The van der Waals surface area contributed by atoms with E-state index in [4.69, 9.17) is 5.11 Å². The van der Waals surface area contributed by atoms with Crippen molar-refractivity contribution in [3.63, 3.8) is 0 Å². The quantitative estimate of drug-likeness (QED) is 0.743. The Morgan fingerprint density at radius 1 is 1.16 bits per heavy atom. The number of amides is 1. The first kappa shape index (κ1) is 12.9. The van der Waals surface area contributed by atoms with E-state index in [1.54, 1.807) is 12.1 Å². The van der Waals surface area contributed by atoms with E-state index in [0.717, 1.165) is 6.07 Å². The molecule has 0 fully saturated rings. The first-order chi connectivity index (χ1) is 9.04. The number of aromatic hydroxyl groups is 2. The molecule has 0 unspecified atom stereocenters. The Hall–Kier alpha value is -2.56. The van der Waals surface area contributed by atoms with Crippen molar-refractivity contribution < 1.29 is 19.4 Å². The van der Waals surface area contributed by atoms with E-state index in [0.29, 0.717) is 5.56 Å². The van der Waals surface area contributed by atoms with Gasteiger partial charge in [0.15, 0.2) is 11.6 Å². The van der Waals surface area contributed by atoms with Crippen molar-refractivity contribution in [3.8, 4) is 11.5 Å². The SMILES string of the molecule is O=C(Cc1cccc(O)c1)Nc1ccc(O)c(F)c1. The maximum Gasteiger partial charge on any atom is 0.228 e. The van der Waals surface area contributed by atoms with Gasteiger partial charge in [-0.25, -0.2) is 4.39 Å². The minimum atomic E-state index is -0.796. The number of carbonyl (C=O) groups is 1. The molecule has 0 aromatic heterocycles. The van der Waals surface area contributed by atoms with E-state index in [2.05, 4.69) is 5.32 Å². The molecule has 98 valence electrons. The van der Waals surface area contributed by atoms with Crippen LogP contribution >= 0.6 is 0 Å². The Kier molecular flexibility index (Phi) is 3.66. The van der Waals surface area contributed by atoms with Crippen LogP contribution in [-0.4, -0.2) is 16.1 Å². The van der Waals surface area contributed by atoms with Gasteiger partial charge in [-0.2, -0.15) is 0 Å². The van der Waals surface area contributed by atoms with Gasteiger partial charge < -0.3 is 15.5 Å². The van der Waals surface area contributed by atoms with Gasteiger partial charge in [-0.3, -0.25) is 4.79 Å². The number of halogens is 1. The smallest absolute Gasteiger partial charge is 0.228 e. The fourth-order valence-corrected chi connectivity index (χ4v) is 1.64. The van der Waals surface area contributed by atoms with Crippen LogP contribution in [0.5, 0.6) is 11.5 Å². The minimum absolute atomic E-state index is 0.0664. The highest BCUT2D eigenvalue weighted by molar-refractivity contribution is 5.92. The molecule has 0 spiro atoms. The molecule has 2 aromatic rings. The average Bonchev–Trinajstić information content (AvgIpc) is 2.34. The van der Waals surface area contributed by atoms with Gasteiger partial charge in [0, 0.05) is 11.8 Å². The molecular formula is C14H12FNO3. The molecule has 0 heterocycles. The van der Waals surface area contributed by atoms with Gasteiger partial charge in [0.25, 0.3) is 0 Å². The summed E-state index contributed by atoms with van der Waals surface area (Å²) in [5.74, 6) is -1.52. The zero-order chi connectivity index (χ0) is 13.8. The Morgan fingerprint density at radius 2 is 1.95 bits per heavy atom. The summed E-state index contributed by atoms with van der Waals surface area (Å²) in [5, 5.41) is 20.8. The molecule has 0 aliphatic rings. The Bertz CT molecular complexity index is 613. The summed E-state index contributed by atoms with van der Waals surface area (Å²) in [6.45, 7) is 0. The molecule has 0 aliphatic heterocycles. The van der Waals surface area contributed by atoms with Gasteiger partial charge >= 0.3 is 0 Å². The van der Waals surface area contributed by atoms with Crippen molar-refractivity contribution in [1.29, 1.82) is 0 Å². The molecule has 0 radical (unpaired) electrons. The fourth-order valence-electron chi connectivity index (χ4n) is 1.64. The Labute approximate surface area is 109 Å². The summed E-state index contributed by atoms with van der Waals surface area (Å²) in [5.41, 5.74) is 0.914. The van der Waals surface area contributed by atoms with Crippen molar-refractivity contribution in [3.05, 3.63) is 53.8 Å². The zero-order valence-corrected chi connectivity index (χ0v) is 9.93. The lowest BCUT2D eigenvalue weighted by Crippen LogP contribution is -2.14. The number of rotatable bonds is 3. The molecule has 1 amide bonds. The van der Waals surface area contributed by atoms with Crippen LogP contribution in [0.15, 0.2) is 42.5 Å². The molecule has 0 saturated carbocycles. The standard InChI is InChI=1S/C14H12FNO3/c15-12-8-10(4-5-13(12)18)16-14(19)7-9-2-1-3-11(17)6-9/h1-6,8,17-18H,7H2,(H,16,19). The molecule has 2 aromatic carbocycles. The maximum atomic E-state index is 13.1. The topological polar surface area (TPSA) is 69.6 Å². The van der Waals surface area contributed by atoms with Crippen LogP contribution in [0.4, 0.5) is 10.1 Å². The summed E-state index contributed by atoms with van der Waals surface area (Å²) in [6.07, 6.45) is 0.0664. The minimum Gasteiger partial charge on any atom is -0.508 e. The summed E-state index contributed by atoms with van der Waals surface area (Å²) in [6, 6.07) is 9.94. The van der Waals surface area contributed by atoms with E-state index < -0.39 is 11.6 Å². The van der Waals surface area contributed by atoms with Gasteiger partial charge in [-0.1, -0.05) is 12.1 Å². The zero-order valence-electron chi connectivity index (χ0n) is 9.93. The van der Waals surface area contributed by atoms with Crippen LogP contribution in [0.2, 0.25) is 0 Å². The third-order valence-corrected chi connectivity index (χ3v) is 2.51. The van der Waals surface area contributed by atoms with E-state index in [-0.39, 0.29) is 23.8 Å². The number of phenolic OH excluding ortho intramolecular Hbond substituents is 2. The molecule has 4 nitrogen and oxygen atoms in total. The molecule has 0 aliphatic carbocycles.